The van der Waals surface area contributed by atoms with E-state index in [4.69, 9.17) is 9.73 Å². The lowest BCUT2D eigenvalue weighted by molar-refractivity contribution is -0.0605. The summed E-state index contributed by atoms with van der Waals surface area (Å²) in [5.41, 5.74) is 1.01. The second-order valence-corrected chi connectivity index (χ2v) is 7.90. The average Bonchev–Trinajstić information content (AvgIpc) is 2.73. The van der Waals surface area contributed by atoms with Crippen LogP contribution < -0.4 is 5.32 Å². The molecular weight excluding hydrogens is 369 g/mol. The van der Waals surface area contributed by atoms with Gasteiger partial charge in [-0.05, 0) is 38.1 Å². The highest BCUT2D eigenvalue weighted by Gasteiger charge is 2.28. The van der Waals surface area contributed by atoms with Crippen LogP contribution in [0.4, 0.5) is 4.39 Å². The van der Waals surface area contributed by atoms with Crippen LogP contribution in [0.15, 0.2) is 29.3 Å². The van der Waals surface area contributed by atoms with Crippen molar-refractivity contribution in [3.8, 4) is 0 Å². The molecule has 3 rings (SSSR count). The Morgan fingerprint density at radius 1 is 1.10 bits per heavy atom. The molecule has 6 nitrogen and oxygen atoms in total. The van der Waals surface area contributed by atoms with E-state index < -0.39 is 0 Å². The fourth-order valence-corrected chi connectivity index (χ4v) is 4.04. The number of piperazine rings is 1. The van der Waals surface area contributed by atoms with Gasteiger partial charge in [-0.1, -0.05) is 19.1 Å². The van der Waals surface area contributed by atoms with Gasteiger partial charge in [-0.3, -0.25) is 9.89 Å². The van der Waals surface area contributed by atoms with Crippen molar-refractivity contribution < 1.29 is 9.13 Å². The van der Waals surface area contributed by atoms with Crippen LogP contribution in [0.2, 0.25) is 0 Å². The van der Waals surface area contributed by atoms with Gasteiger partial charge in [-0.2, -0.15) is 0 Å². The molecule has 0 bridgehead atoms. The zero-order valence-electron chi connectivity index (χ0n) is 18.1. The van der Waals surface area contributed by atoms with E-state index in [2.05, 4.69) is 40.8 Å². The number of rotatable bonds is 6. The number of hydrogen-bond acceptors (Lipinski definition) is 4. The molecule has 2 aliphatic heterocycles. The maximum Gasteiger partial charge on any atom is 0.194 e. The number of benzene rings is 1. The topological polar surface area (TPSA) is 43.3 Å². The van der Waals surface area contributed by atoms with E-state index in [9.17, 15) is 4.39 Å². The lowest BCUT2D eigenvalue weighted by atomic mass is 10.1. The molecule has 0 amide bonds. The smallest absolute Gasteiger partial charge is 0.194 e. The largest absolute Gasteiger partial charge is 0.367 e. The fourth-order valence-electron chi connectivity index (χ4n) is 4.04. The molecule has 1 aromatic rings. The Morgan fingerprint density at radius 2 is 1.79 bits per heavy atom. The monoisotopic (exact) mass is 405 g/mol. The molecule has 2 heterocycles. The van der Waals surface area contributed by atoms with Crippen LogP contribution in [0.25, 0.3) is 0 Å². The molecule has 2 fully saturated rings. The van der Waals surface area contributed by atoms with Gasteiger partial charge < -0.3 is 19.9 Å². The first kappa shape index (κ1) is 22.0. The predicted molar refractivity (Wildman–Crippen MR) is 116 cm³/mol. The minimum atomic E-state index is -0.218. The van der Waals surface area contributed by atoms with Crippen molar-refractivity contribution in [3.63, 3.8) is 0 Å². The molecule has 2 aliphatic rings. The molecular formula is C22H36FN5O. The number of ether oxygens (including phenoxy) is 1. The molecule has 1 aromatic carbocycles. The molecule has 2 saturated heterocycles. The average molecular weight is 406 g/mol. The van der Waals surface area contributed by atoms with Crippen LogP contribution in [0.5, 0.6) is 0 Å². The van der Waals surface area contributed by atoms with E-state index in [0.717, 1.165) is 77.0 Å². The highest BCUT2D eigenvalue weighted by Crippen LogP contribution is 2.25. The summed E-state index contributed by atoms with van der Waals surface area (Å²) in [6.07, 6.45) is 0.00936. The molecule has 2 unspecified atom stereocenters. The van der Waals surface area contributed by atoms with Crippen molar-refractivity contribution >= 4 is 5.96 Å². The van der Waals surface area contributed by atoms with Crippen LogP contribution in [0, 0.1) is 5.82 Å². The Balaban J connectivity index is 1.59. The lowest BCUT2D eigenvalue weighted by Crippen LogP contribution is -2.51. The summed E-state index contributed by atoms with van der Waals surface area (Å²) < 4.78 is 19.4. The van der Waals surface area contributed by atoms with Gasteiger partial charge in [0.05, 0.1) is 19.2 Å². The van der Waals surface area contributed by atoms with Crippen molar-refractivity contribution in [3.05, 3.63) is 35.6 Å². The quantitative estimate of drug-likeness (QED) is 0.581. The van der Waals surface area contributed by atoms with Gasteiger partial charge in [0.25, 0.3) is 0 Å². The van der Waals surface area contributed by atoms with Gasteiger partial charge in [0.15, 0.2) is 5.96 Å². The number of aliphatic imine (C=N–C) groups is 1. The first-order valence-electron chi connectivity index (χ1n) is 11.0. The Hall–Kier alpha value is -1.70. The molecule has 0 spiro atoms. The molecule has 29 heavy (non-hydrogen) atoms. The predicted octanol–water partition coefficient (Wildman–Crippen LogP) is 2.19. The Kier molecular flexibility index (Phi) is 8.27. The minimum absolute atomic E-state index is 0.0784. The standard InChI is InChI=1S/C22H36FN5O/c1-4-24-22(25-10-11-27-14-12-26(5-2)13-15-27)28-16-18(3)29-21(17-28)19-6-8-20(23)9-7-19/h6-9,18,21H,4-5,10-17H2,1-3H3,(H,24,25). The van der Waals surface area contributed by atoms with Crippen molar-refractivity contribution in [2.45, 2.75) is 33.0 Å². The first-order valence-corrected chi connectivity index (χ1v) is 11.0. The van der Waals surface area contributed by atoms with Crippen LogP contribution in [-0.2, 0) is 4.74 Å². The number of hydrogen-bond donors (Lipinski definition) is 1. The third-order valence-corrected chi connectivity index (χ3v) is 5.73. The normalized spacial score (nSPS) is 24.7. The number of morpholine rings is 1. The Labute approximate surface area is 174 Å². The van der Waals surface area contributed by atoms with E-state index in [0.29, 0.717) is 0 Å². The molecule has 0 radical (unpaired) electrons. The van der Waals surface area contributed by atoms with Gasteiger partial charge >= 0.3 is 0 Å². The molecule has 7 heteroatoms. The number of halogens is 1. The maximum absolute atomic E-state index is 13.3. The molecule has 0 aliphatic carbocycles. The highest BCUT2D eigenvalue weighted by molar-refractivity contribution is 5.80. The lowest BCUT2D eigenvalue weighted by Gasteiger charge is -2.39. The van der Waals surface area contributed by atoms with E-state index in [1.165, 1.54) is 12.1 Å². The zero-order valence-corrected chi connectivity index (χ0v) is 18.1. The minimum Gasteiger partial charge on any atom is -0.367 e. The summed E-state index contributed by atoms with van der Waals surface area (Å²) in [5, 5.41) is 3.44. The SMILES string of the molecule is CCNC(=NCCN1CCN(CC)CC1)N1CC(C)OC(c2ccc(F)cc2)C1. The maximum atomic E-state index is 13.3. The van der Waals surface area contributed by atoms with Gasteiger partial charge in [-0.25, -0.2) is 4.39 Å². The van der Waals surface area contributed by atoms with Crippen molar-refractivity contribution in [2.24, 2.45) is 4.99 Å². The molecule has 0 aromatic heterocycles. The third-order valence-electron chi connectivity index (χ3n) is 5.73. The van der Waals surface area contributed by atoms with E-state index in [1.807, 2.05) is 12.1 Å². The van der Waals surface area contributed by atoms with Gasteiger partial charge in [0, 0.05) is 45.8 Å². The second kappa shape index (κ2) is 10.9. The summed E-state index contributed by atoms with van der Waals surface area (Å²) >= 11 is 0. The fraction of sp³-hybridized carbons (Fsp3) is 0.682. The highest BCUT2D eigenvalue weighted by atomic mass is 19.1. The molecule has 1 N–H and O–H groups in total. The Morgan fingerprint density at radius 3 is 2.45 bits per heavy atom. The molecule has 162 valence electrons. The zero-order chi connectivity index (χ0) is 20.6. The summed E-state index contributed by atoms with van der Waals surface area (Å²) in [4.78, 5) is 12.2. The van der Waals surface area contributed by atoms with E-state index in [-0.39, 0.29) is 18.0 Å². The van der Waals surface area contributed by atoms with E-state index >= 15 is 0 Å². The number of nitrogens with one attached hydrogen (secondary N) is 1. The van der Waals surface area contributed by atoms with Crippen LogP contribution in [0.1, 0.15) is 32.4 Å². The molecule has 2 atom stereocenters. The van der Waals surface area contributed by atoms with Gasteiger partial charge in [-0.15, -0.1) is 0 Å². The summed E-state index contributed by atoms with van der Waals surface area (Å²) in [7, 11) is 0. The number of likely N-dealkylation sites (N-methyl/N-ethyl adjacent to an activating group) is 1. The van der Waals surface area contributed by atoms with Crippen molar-refractivity contribution in [1.29, 1.82) is 0 Å². The van der Waals surface area contributed by atoms with Gasteiger partial charge in [0.2, 0.25) is 0 Å². The summed E-state index contributed by atoms with van der Waals surface area (Å²) in [6, 6.07) is 6.63. The van der Waals surface area contributed by atoms with Crippen LogP contribution >= 0.6 is 0 Å². The van der Waals surface area contributed by atoms with E-state index in [1.54, 1.807) is 0 Å². The second-order valence-electron chi connectivity index (χ2n) is 7.90. The number of guanidine groups is 1. The molecule has 0 saturated carbocycles. The summed E-state index contributed by atoms with van der Waals surface area (Å²) in [6.45, 7) is 16.3. The third kappa shape index (κ3) is 6.39. The van der Waals surface area contributed by atoms with Gasteiger partial charge in [0.1, 0.15) is 11.9 Å². The van der Waals surface area contributed by atoms with Crippen LogP contribution in [-0.4, -0.2) is 92.2 Å². The van der Waals surface area contributed by atoms with Crippen LogP contribution in [0.3, 0.4) is 0 Å². The summed E-state index contributed by atoms with van der Waals surface area (Å²) in [5.74, 6) is 0.728. The Bertz CT molecular complexity index is 645. The van der Waals surface area contributed by atoms with Crippen molar-refractivity contribution in [2.75, 3.05) is 65.4 Å². The first-order chi connectivity index (χ1) is 14.1. The number of nitrogens with zero attached hydrogens (tertiary/aromatic N) is 4. The van der Waals surface area contributed by atoms with Crippen molar-refractivity contribution in [1.82, 2.24) is 20.0 Å².